The molecule has 2 rings (SSSR count). The summed E-state index contributed by atoms with van der Waals surface area (Å²) in [6.07, 6.45) is 2.05. The Morgan fingerprint density at radius 1 is 1.24 bits per heavy atom. The van der Waals surface area contributed by atoms with Crippen LogP contribution in [-0.2, 0) is 6.54 Å². The third-order valence-electron chi connectivity index (χ3n) is 4.00. The fourth-order valence-corrected chi connectivity index (χ4v) is 2.85. The number of aliphatic hydroxyl groups excluding tert-OH is 1. The van der Waals surface area contributed by atoms with Crippen LogP contribution in [-0.4, -0.2) is 29.3 Å². The summed E-state index contributed by atoms with van der Waals surface area (Å²) in [7, 11) is 0. The summed E-state index contributed by atoms with van der Waals surface area (Å²) < 4.78 is 0. The zero-order valence-corrected chi connectivity index (χ0v) is 12.9. The van der Waals surface area contributed by atoms with E-state index in [-0.39, 0.29) is 6.61 Å². The maximum Gasteiger partial charge on any atom is 0.134 e. The fraction of sp³-hybridized carbons (Fsp3) is 0.471. The molecule has 2 aromatic rings. The highest BCUT2D eigenvalue weighted by atomic mass is 16.3. The largest absolute Gasteiger partial charge is 0.395 e. The van der Waals surface area contributed by atoms with Gasteiger partial charge in [-0.3, -0.25) is 0 Å². The Kier molecular flexibility index (Phi) is 5.53. The van der Waals surface area contributed by atoms with E-state index in [9.17, 15) is 5.11 Å². The highest BCUT2D eigenvalue weighted by Crippen LogP contribution is 2.26. The number of benzene rings is 1. The summed E-state index contributed by atoms with van der Waals surface area (Å²) in [6, 6.07) is 10.6. The molecule has 0 amide bonds. The van der Waals surface area contributed by atoms with Gasteiger partial charge in [-0.1, -0.05) is 32.0 Å². The fourth-order valence-electron chi connectivity index (χ4n) is 2.85. The van der Waals surface area contributed by atoms with Crippen molar-refractivity contribution in [1.82, 2.24) is 4.98 Å². The van der Waals surface area contributed by atoms with Gasteiger partial charge >= 0.3 is 0 Å². The van der Waals surface area contributed by atoms with Gasteiger partial charge in [-0.05, 0) is 25.0 Å². The lowest BCUT2D eigenvalue weighted by Crippen LogP contribution is -2.38. The number of aliphatic hydroxyl groups is 1. The van der Waals surface area contributed by atoms with Crippen molar-refractivity contribution in [2.45, 2.75) is 39.3 Å². The average molecular weight is 287 g/mol. The van der Waals surface area contributed by atoms with Crippen molar-refractivity contribution in [1.29, 1.82) is 0 Å². The molecule has 0 radical (unpaired) electrons. The molecule has 1 aromatic carbocycles. The Morgan fingerprint density at radius 3 is 2.57 bits per heavy atom. The van der Waals surface area contributed by atoms with Crippen LogP contribution in [0.15, 0.2) is 30.3 Å². The SMILES string of the molecule is CCC(CC)N(CCO)c1nc2ccccc2cc1CN. The maximum absolute atomic E-state index is 9.41. The molecule has 114 valence electrons. The number of aromatic nitrogens is 1. The Hall–Kier alpha value is -1.65. The zero-order valence-electron chi connectivity index (χ0n) is 12.9. The Bertz CT molecular complexity index is 581. The molecule has 0 saturated heterocycles. The molecule has 0 fully saturated rings. The lowest BCUT2D eigenvalue weighted by atomic mass is 10.1. The quantitative estimate of drug-likeness (QED) is 0.822. The summed E-state index contributed by atoms with van der Waals surface area (Å²) in [5, 5.41) is 10.5. The van der Waals surface area contributed by atoms with Gasteiger partial charge in [0.2, 0.25) is 0 Å². The van der Waals surface area contributed by atoms with Gasteiger partial charge in [-0.2, -0.15) is 0 Å². The Morgan fingerprint density at radius 2 is 1.95 bits per heavy atom. The van der Waals surface area contributed by atoms with Crippen molar-refractivity contribution in [3.63, 3.8) is 0 Å². The highest BCUT2D eigenvalue weighted by Gasteiger charge is 2.19. The minimum absolute atomic E-state index is 0.120. The van der Waals surface area contributed by atoms with Crippen LogP contribution < -0.4 is 10.6 Å². The van der Waals surface area contributed by atoms with E-state index in [1.54, 1.807) is 0 Å². The minimum Gasteiger partial charge on any atom is -0.395 e. The molecule has 0 atom stereocenters. The van der Waals surface area contributed by atoms with E-state index >= 15 is 0 Å². The monoisotopic (exact) mass is 287 g/mol. The van der Waals surface area contributed by atoms with E-state index in [2.05, 4.69) is 30.9 Å². The third-order valence-corrected chi connectivity index (χ3v) is 4.00. The van der Waals surface area contributed by atoms with Crippen molar-refractivity contribution in [2.75, 3.05) is 18.1 Å². The van der Waals surface area contributed by atoms with Gasteiger partial charge in [0.25, 0.3) is 0 Å². The summed E-state index contributed by atoms with van der Waals surface area (Å²) in [6.45, 7) is 5.50. The second kappa shape index (κ2) is 7.38. The Balaban J connectivity index is 2.54. The van der Waals surface area contributed by atoms with E-state index in [0.29, 0.717) is 19.1 Å². The van der Waals surface area contributed by atoms with Gasteiger partial charge < -0.3 is 15.7 Å². The normalized spacial score (nSPS) is 11.3. The van der Waals surface area contributed by atoms with Gasteiger partial charge in [0.05, 0.1) is 12.1 Å². The van der Waals surface area contributed by atoms with Gasteiger partial charge in [0.1, 0.15) is 5.82 Å². The van der Waals surface area contributed by atoms with Crippen LogP contribution in [0.2, 0.25) is 0 Å². The lowest BCUT2D eigenvalue weighted by molar-refractivity contribution is 0.295. The lowest BCUT2D eigenvalue weighted by Gasteiger charge is -2.32. The molecule has 0 spiro atoms. The molecular weight excluding hydrogens is 262 g/mol. The molecule has 0 unspecified atom stereocenters. The van der Waals surface area contributed by atoms with Crippen LogP contribution in [0, 0.1) is 0 Å². The van der Waals surface area contributed by atoms with Crippen molar-refractivity contribution < 1.29 is 5.11 Å². The van der Waals surface area contributed by atoms with E-state index in [0.717, 1.165) is 35.1 Å². The molecule has 21 heavy (non-hydrogen) atoms. The molecule has 0 aliphatic carbocycles. The number of nitrogens with zero attached hydrogens (tertiary/aromatic N) is 2. The molecule has 4 heteroatoms. The number of pyridine rings is 1. The molecule has 3 N–H and O–H groups in total. The predicted octanol–water partition coefficient (Wildman–Crippen LogP) is 2.68. The second-order valence-electron chi connectivity index (χ2n) is 5.26. The molecule has 1 aromatic heterocycles. The van der Waals surface area contributed by atoms with Gasteiger partial charge in [0, 0.05) is 30.1 Å². The summed E-state index contributed by atoms with van der Waals surface area (Å²) >= 11 is 0. The molecule has 0 aliphatic rings. The smallest absolute Gasteiger partial charge is 0.134 e. The zero-order chi connectivity index (χ0) is 15.2. The third kappa shape index (κ3) is 3.34. The molecule has 0 saturated carbocycles. The van der Waals surface area contributed by atoms with Crippen molar-refractivity contribution in [2.24, 2.45) is 5.73 Å². The standard InChI is InChI=1S/C17H25N3O/c1-3-15(4-2)20(9-10-21)17-14(12-18)11-13-7-5-6-8-16(13)19-17/h5-8,11,15,21H,3-4,9-10,12,18H2,1-2H3. The first-order valence-corrected chi connectivity index (χ1v) is 7.71. The number of rotatable bonds is 7. The van der Waals surface area contributed by atoms with Crippen LogP contribution in [0.25, 0.3) is 10.9 Å². The number of hydrogen-bond acceptors (Lipinski definition) is 4. The van der Waals surface area contributed by atoms with Crippen LogP contribution in [0.4, 0.5) is 5.82 Å². The molecule has 0 aliphatic heterocycles. The first kappa shape index (κ1) is 15.7. The minimum atomic E-state index is 0.120. The van der Waals surface area contributed by atoms with Crippen LogP contribution in [0.5, 0.6) is 0 Å². The van der Waals surface area contributed by atoms with Crippen LogP contribution >= 0.6 is 0 Å². The van der Waals surface area contributed by atoms with Crippen molar-refractivity contribution >= 4 is 16.7 Å². The second-order valence-corrected chi connectivity index (χ2v) is 5.26. The van der Waals surface area contributed by atoms with E-state index in [1.165, 1.54) is 0 Å². The molecule has 1 heterocycles. The molecule has 0 bridgehead atoms. The van der Waals surface area contributed by atoms with E-state index in [1.807, 2.05) is 18.2 Å². The Labute approximate surface area is 126 Å². The van der Waals surface area contributed by atoms with Gasteiger partial charge in [-0.25, -0.2) is 4.98 Å². The van der Waals surface area contributed by atoms with E-state index < -0.39 is 0 Å². The topological polar surface area (TPSA) is 62.4 Å². The number of para-hydroxylation sites is 1. The first-order valence-electron chi connectivity index (χ1n) is 7.71. The molecular formula is C17H25N3O. The summed E-state index contributed by atoms with van der Waals surface area (Å²) in [4.78, 5) is 7.02. The number of hydrogen-bond donors (Lipinski definition) is 2. The molecule has 4 nitrogen and oxygen atoms in total. The van der Waals surface area contributed by atoms with Gasteiger partial charge in [-0.15, -0.1) is 0 Å². The number of nitrogens with two attached hydrogens (primary N) is 1. The van der Waals surface area contributed by atoms with Crippen LogP contribution in [0.3, 0.4) is 0 Å². The number of anilines is 1. The first-order chi connectivity index (χ1) is 10.2. The van der Waals surface area contributed by atoms with Crippen LogP contribution in [0.1, 0.15) is 32.3 Å². The maximum atomic E-state index is 9.41. The van der Waals surface area contributed by atoms with Crippen molar-refractivity contribution in [3.8, 4) is 0 Å². The van der Waals surface area contributed by atoms with E-state index in [4.69, 9.17) is 10.7 Å². The average Bonchev–Trinajstić information content (AvgIpc) is 2.53. The summed E-state index contributed by atoms with van der Waals surface area (Å²) in [5.41, 5.74) is 7.94. The highest BCUT2D eigenvalue weighted by molar-refractivity contribution is 5.81. The number of fused-ring (bicyclic) bond motifs is 1. The van der Waals surface area contributed by atoms with Crippen molar-refractivity contribution in [3.05, 3.63) is 35.9 Å². The predicted molar refractivity (Wildman–Crippen MR) is 88.4 cm³/mol. The van der Waals surface area contributed by atoms with Gasteiger partial charge in [0.15, 0.2) is 0 Å². The summed E-state index contributed by atoms with van der Waals surface area (Å²) in [5.74, 6) is 0.916.